The molecule has 2 N–H and O–H groups in total. The average Bonchev–Trinajstić information content (AvgIpc) is 2.91. The summed E-state index contributed by atoms with van der Waals surface area (Å²) in [5.74, 6) is 3.22. The molecule has 0 spiro atoms. The van der Waals surface area contributed by atoms with Crippen LogP contribution in [-0.2, 0) is 0 Å². The van der Waals surface area contributed by atoms with Crippen LogP contribution in [0.5, 0.6) is 0 Å². The topological polar surface area (TPSA) is 29.3 Å². The number of nitrogens with two attached hydrogens (primary N) is 1. The molecule has 0 aliphatic heterocycles. The smallest absolute Gasteiger partial charge is 0.0105 e. The van der Waals surface area contributed by atoms with Crippen molar-refractivity contribution in [2.75, 3.05) is 26.2 Å². The number of hydrogen-bond acceptors (Lipinski definition) is 2. The van der Waals surface area contributed by atoms with Gasteiger partial charge in [0.25, 0.3) is 0 Å². The minimum absolute atomic E-state index is 0.815. The van der Waals surface area contributed by atoms with Gasteiger partial charge in [-0.1, -0.05) is 19.8 Å². The molecule has 14 heavy (non-hydrogen) atoms. The largest absolute Gasteiger partial charge is 0.329 e. The van der Waals surface area contributed by atoms with Crippen LogP contribution in [0, 0.1) is 17.8 Å². The quantitative estimate of drug-likeness (QED) is 0.725. The molecule has 2 unspecified atom stereocenters. The lowest BCUT2D eigenvalue weighted by molar-refractivity contribution is 0.275. The standard InChI is InChI=1S/C12H24N2/c1-2-14(8-7-13)9-12-10-5-3-4-6-11(10)12/h10-12H,2-9,13H2,1H3. The van der Waals surface area contributed by atoms with Crippen molar-refractivity contribution < 1.29 is 0 Å². The van der Waals surface area contributed by atoms with Crippen LogP contribution in [0.2, 0.25) is 0 Å². The van der Waals surface area contributed by atoms with Crippen LogP contribution in [0.25, 0.3) is 0 Å². The summed E-state index contributed by atoms with van der Waals surface area (Å²) in [4.78, 5) is 2.53. The first-order valence-electron chi connectivity index (χ1n) is 6.29. The molecule has 2 saturated carbocycles. The lowest BCUT2D eigenvalue weighted by Gasteiger charge is -2.19. The highest BCUT2D eigenvalue weighted by Crippen LogP contribution is 2.55. The number of fused-ring (bicyclic) bond motifs is 1. The van der Waals surface area contributed by atoms with Crippen molar-refractivity contribution in [2.45, 2.75) is 32.6 Å². The van der Waals surface area contributed by atoms with Crippen LogP contribution in [0.3, 0.4) is 0 Å². The fraction of sp³-hybridized carbons (Fsp3) is 1.00. The molecule has 0 amide bonds. The van der Waals surface area contributed by atoms with Crippen LogP contribution in [0.1, 0.15) is 32.6 Å². The maximum absolute atomic E-state index is 5.61. The summed E-state index contributed by atoms with van der Waals surface area (Å²) in [5, 5.41) is 0. The Morgan fingerprint density at radius 1 is 1.21 bits per heavy atom. The normalized spacial score (nSPS) is 35.8. The van der Waals surface area contributed by atoms with Crippen molar-refractivity contribution in [3.63, 3.8) is 0 Å². The van der Waals surface area contributed by atoms with Gasteiger partial charge in [0.2, 0.25) is 0 Å². The summed E-state index contributed by atoms with van der Waals surface area (Å²) in [6.45, 7) is 6.65. The minimum atomic E-state index is 0.815. The molecule has 2 fully saturated rings. The monoisotopic (exact) mass is 196 g/mol. The van der Waals surface area contributed by atoms with Crippen molar-refractivity contribution in [3.05, 3.63) is 0 Å². The average molecular weight is 196 g/mol. The summed E-state index contributed by atoms with van der Waals surface area (Å²) in [5.41, 5.74) is 5.61. The van der Waals surface area contributed by atoms with E-state index in [9.17, 15) is 0 Å². The number of nitrogens with zero attached hydrogens (tertiary/aromatic N) is 1. The Hall–Kier alpha value is -0.0800. The molecule has 0 bridgehead atoms. The Bertz CT molecular complexity index is 169. The summed E-state index contributed by atoms with van der Waals surface area (Å²) in [6.07, 6.45) is 5.99. The molecule has 2 atom stereocenters. The van der Waals surface area contributed by atoms with Gasteiger partial charge < -0.3 is 10.6 Å². The molecule has 2 aliphatic rings. The summed E-state index contributed by atoms with van der Waals surface area (Å²) in [6, 6.07) is 0. The molecular weight excluding hydrogens is 172 g/mol. The fourth-order valence-electron chi connectivity index (χ4n) is 3.27. The first-order valence-corrected chi connectivity index (χ1v) is 6.29. The van der Waals surface area contributed by atoms with Crippen LogP contribution in [-0.4, -0.2) is 31.1 Å². The van der Waals surface area contributed by atoms with E-state index in [4.69, 9.17) is 5.73 Å². The molecule has 2 heteroatoms. The molecule has 2 rings (SSSR count). The van der Waals surface area contributed by atoms with Crippen LogP contribution in [0.15, 0.2) is 0 Å². The summed E-state index contributed by atoms with van der Waals surface area (Å²) >= 11 is 0. The molecule has 0 aromatic rings. The van der Waals surface area contributed by atoms with E-state index in [1.165, 1.54) is 38.8 Å². The maximum atomic E-state index is 5.61. The Morgan fingerprint density at radius 3 is 2.36 bits per heavy atom. The number of rotatable bonds is 5. The summed E-state index contributed by atoms with van der Waals surface area (Å²) in [7, 11) is 0. The van der Waals surface area contributed by atoms with E-state index in [0.29, 0.717) is 0 Å². The molecular formula is C12H24N2. The Labute approximate surface area is 87.8 Å². The number of likely N-dealkylation sites (N-methyl/N-ethyl adjacent to an activating group) is 1. The third kappa shape index (κ3) is 2.12. The van der Waals surface area contributed by atoms with Crippen LogP contribution < -0.4 is 5.73 Å². The van der Waals surface area contributed by atoms with Crippen molar-refractivity contribution in [2.24, 2.45) is 23.5 Å². The van der Waals surface area contributed by atoms with E-state index in [1.54, 1.807) is 0 Å². The van der Waals surface area contributed by atoms with Gasteiger partial charge in [-0.2, -0.15) is 0 Å². The Balaban J connectivity index is 1.75. The molecule has 0 aromatic carbocycles. The molecule has 0 radical (unpaired) electrons. The van der Waals surface area contributed by atoms with E-state index in [1.807, 2.05) is 0 Å². The van der Waals surface area contributed by atoms with Crippen molar-refractivity contribution in [1.82, 2.24) is 4.90 Å². The molecule has 2 aliphatic carbocycles. The van der Waals surface area contributed by atoms with Gasteiger partial charge in [-0.25, -0.2) is 0 Å². The second-order valence-corrected chi connectivity index (χ2v) is 4.96. The molecule has 0 saturated heterocycles. The van der Waals surface area contributed by atoms with Gasteiger partial charge in [0.1, 0.15) is 0 Å². The van der Waals surface area contributed by atoms with E-state index < -0.39 is 0 Å². The van der Waals surface area contributed by atoms with E-state index in [0.717, 1.165) is 30.8 Å². The van der Waals surface area contributed by atoms with Gasteiger partial charge in [0, 0.05) is 19.6 Å². The SMILES string of the molecule is CCN(CCN)CC1C2CCCCC21. The van der Waals surface area contributed by atoms with Crippen LogP contribution in [0.4, 0.5) is 0 Å². The highest BCUT2D eigenvalue weighted by Gasteiger charge is 2.50. The van der Waals surface area contributed by atoms with E-state index >= 15 is 0 Å². The van der Waals surface area contributed by atoms with E-state index in [-0.39, 0.29) is 0 Å². The first kappa shape index (κ1) is 10.4. The van der Waals surface area contributed by atoms with Crippen LogP contribution >= 0.6 is 0 Å². The predicted octanol–water partition coefficient (Wildman–Crippen LogP) is 1.70. The summed E-state index contributed by atoms with van der Waals surface area (Å²) < 4.78 is 0. The van der Waals surface area contributed by atoms with Crippen molar-refractivity contribution in [3.8, 4) is 0 Å². The second kappa shape index (κ2) is 4.63. The minimum Gasteiger partial charge on any atom is -0.329 e. The highest BCUT2D eigenvalue weighted by molar-refractivity contribution is 5.00. The third-order valence-electron chi connectivity index (χ3n) is 4.20. The second-order valence-electron chi connectivity index (χ2n) is 4.96. The molecule has 0 heterocycles. The van der Waals surface area contributed by atoms with Gasteiger partial charge in [-0.05, 0) is 37.1 Å². The third-order valence-corrected chi connectivity index (χ3v) is 4.20. The fourth-order valence-corrected chi connectivity index (χ4v) is 3.27. The Morgan fingerprint density at radius 2 is 1.86 bits per heavy atom. The molecule has 0 aromatic heterocycles. The zero-order valence-corrected chi connectivity index (χ0v) is 9.41. The predicted molar refractivity (Wildman–Crippen MR) is 60.1 cm³/mol. The van der Waals surface area contributed by atoms with Gasteiger partial charge in [-0.3, -0.25) is 0 Å². The lowest BCUT2D eigenvalue weighted by atomic mass is 10.0. The molecule has 2 nitrogen and oxygen atoms in total. The lowest BCUT2D eigenvalue weighted by Crippen LogP contribution is -2.31. The van der Waals surface area contributed by atoms with Gasteiger partial charge in [0.15, 0.2) is 0 Å². The molecule has 82 valence electrons. The Kier molecular flexibility index (Phi) is 3.45. The van der Waals surface area contributed by atoms with E-state index in [2.05, 4.69) is 11.8 Å². The number of hydrogen-bond donors (Lipinski definition) is 1. The van der Waals surface area contributed by atoms with Gasteiger partial charge in [0.05, 0.1) is 0 Å². The highest BCUT2D eigenvalue weighted by atomic mass is 15.1. The van der Waals surface area contributed by atoms with Gasteiger partial charge >= 0.3 is 0 Å². The van der Waals surface area contributed by atoms with Crippen molar-refractivity contribution in [1.29, 1.82) is 0 Å². The maximum Gasteiger partial charge on any atom is 0.0105 e. The zero-order valence-electron chi connectivity index (χ0n) is 9.41. The van der Waals surface area contributed by atoms with Gasteiger partial charge in [-0.15, -0.1) is 0 Å². The first-order chi connectivity index (χ1) is 6.86. The van der Waals surface area contributed by atoms with Crippen molar-refractivity contribution >= 4 is 0 Å². The zero-order chi connectivity index (χ0) is 9.97.